The predicted octanol–water partition coefficient (Wildman–Crippen LogP) is 2.34. The summed E-state index contributed by atoms with van der Waals surface area (Å²) in [5.74, 6) is 0.724. The topological polar surface area (TPSA) is 12.0 Å². The fourth-order valence-electron chi connectivity index (χ4n) is 1.73. The maximum absolute atomic E-state index is 3.49. The minimum atomic E-state index is 0.566. The number of rotatable bonds is 1. The predicted molar refractivity (Wildman–Crippen MR) is 49.6 cm³/mol. The van der Waals surface area contributed by atoms with Gasteiger partial charge in [0.25, 0.3) is 0 Å². The van der Waals surface area contributed by atoms with Crippen LogP contribution < -0.4 is 5.32 Å². The monoisotopic (exact) mass is 153 g/mol. The van der Waals surface area contributed by atoms with Crippen LogP contribution in [-0.2, 0) is 0 Å². The Bertz CT molecular complexity index is 158. The van der Waals surface area contributed by atoms with Crippen LogP contribution in [0.3, 0.4) is 0 Å². The second-order valence-electron chi connectivity index (χ2n) is 3.96. The molecule has 0 saturated carbocycles. The average molecular weight is 153 g/mol. The molecule has 0 bridgehead atoms. The molecule has 1 rings (SSSR count). The quantitative estimate of drug-likeness (QED) is 0.570. The van der Waals surface area contributed by atoms with Crippen LogP contribution >= 0.6 is 0 Å². The molecular weight excluding hydrogens is 134 g/mol. The van der Waals surface area contributed by atoms with Crippen molar-refractivity contribution in [2.45, 2.75) is 46.2 Å². The smallest absolute Gasteiger partial charge is 0.0226 e. The van der Waals surface area contributed by atoms with E-state index in [0.29, 0.717) is 12.1 Å². The van der Waals surface area contributed by atoms with Gasteiger partial charge in [-0.2, -0.15) is 0 Å². The van der Waals surface area contributed by atoms with Crippen LogP contribution in [0.1, 0.15) is 34.1 Å². The van der Waals surface area contributed by atoms with E-state index in [1.54, 1.807) is 5.57 Å². The Morgan fingerprint density at radius 3 is 2.55 bits per heavy atom. The molecule has 0 fully saturated rings. The molecule has 0 radical (unpaired) electrons. The SMILES string of the molecule is CC1C=C(C(C)C)C[C@@H](C)N1. The zero-order valence-electron chi connectivity index (χ0n) is 8.02. The maximum Gasteiger partial charge on any atom is 0.0226 e. The molecule has 64 valence electrons. The van der Waals surface area contributed by atoms with Gasteiger partial charge in [0.15, 0.2) is 0 Å². The lowest BCUT2D eigenvalue weighted by molar-refractivity contribution is 0.462. The minimum absolute atomic E-state index is 0.566. The fourth-order valence-corrected chi connectivity index (χ4v) is 1.73. The van der Waals surface area contributed by atoms with Crippen molar-refractivity contribution in [3.05, 3.63) is 11.6 Å². The normalized spacial score (nSPS) is 32.3. The van der Waals surface area contributed by atoms with Gasteiger partial charge in [0, 0.05) is 12.1 Å². The highest BCUT2D eigenvalue weighted by atomic mass is 14.9. The van der Waals surface area contributed by atoms with Crippen molar-refractivity contribution < 1.29 is 0 Å². The first kappa shape index (κ1) is 8.79. The highest BCUT2D eigenvalue weighted by Gasteiger charge is 2.16. The van der Waals surface area contributed by atoms with Gasteiger partial charge in [-0.1, -0.05) is 25.5 Å². The molecule has 0 spiro atoms. The Kier molecular flexibility index (Phi) is 2.72. The maximum atomic E-state index is 3.49. The summed E-state index contributed by atoms with van der Waals surface area (Å²) in [7, 11) is 0. The third-order valence-electron chi connectivity index (χ3n) is 2.29. The summed E-state index contributed by atoms with van der Waals surface area (Å²) in [6, 6.07) is 1.23. The largest absolute Gasteiger partial charge is 0.308 e. The van der Waals surface area contributed by atoms with Gasteiger partial charge in [-0.15, -0.1) is 0 Å². The van der Waals surface area contributed by atoms with Gasteiger partial charge >= 0.3 is 0 Å². The van der Waals surface area contributed by atoms with Crippen molar-refractivity contribution >= 4 is 0 Å². The Morgan fingerprint density at radius 2 is 2.09 bits per heavy atom. The van der Waals surface area contributed by atoms with E-state index < -0.39 is 0 Å². The average Bonchev–Trinajstić information content (AvgIpc) is 1.85. The Labute approximate surface area is 69.9 Å². The zero-order chi connectivity index (χ0) is 8.43. The summed E-state index contributed by atoms with van der Waals surface area (Å²) in [6.07, 6.45) is 3.59. The summed E-state index contributed by atoms with van der Waals surface area (Å²) in [5.41, 5.74) is 1.61. The molecule has 1 nitrogen and oxygen atoms in total. The molecule has 1 unspecified atom stereocenters. The first-order valence-corrected chi connectivity index (χ1v) is 4.56. The summed E-state index contributed by atoms with van der Waals surface area (Å²) >= 11 is 0. The lowest BCUT2D eigenvalue weighted by Gasteiger charge is -2.27. The van der Waals surface area contributed by atoms with Crippen LogP contribution in [0, 0.1) is 5.92 Å². The van der Waals surface area contributed by atoms with Gasteiger partial charge in [-0.25, -0.2) is 0 Å². The van der Waals surface area contributed by atoms with E-state index in [1.807, 2.05) is 0 Å². The van der Waals surface area contributed by atoms with Gasteiger partial charge in [-0.3, -0.25) is 0 Å². The zero-order valence-corrected chi connectivity index (χ0v) is 8.02. The molecule has 2 atom stereocenters. The van der Waals surface area contributed by atoms with E-state index in [4.69, 9.17) is 0 Å². The second kappa shape index (κ2) is 3.40. The Hall–Kier alpha value is -0.300. The molecule has 0 amide bonds. The van der Waals surface area contributed by atoms with Gasteiger partial charge in [0.05, 0.1) is 0 Å². The Balaban J connectivity index is 2.64. The minimum Gasteiger partial charge on any atom is -0.308 e. The molecule has 0 aliphatic carbocycles. The standard InChI is InChI=1S/C10H19N/c1-7(2)10-5-8(3)11-9(4)6-10/h5,7-9,11H,6H2,1-4H3/t8?,9-/m1/s1. The summed E-state index contributed by atoms with van der Waals surface area (Å²) in [4.78, 5) is 0. The van der Waals surface area contributed by atoms with Crippen molar-refractivity contribution in [2.75, 3.05) is 0 Å². The molecule has 0 saturated heterocycles. The molecule has 1 heteroatoms. The first-order valence-electron chi connectivity index (χ1n) is 4.56. The van der Waals surface area contributed by atoms with Crippen molar-refractivity contribution in [1.82, 2.24) is 5.32 Å². The molecular formula is C10H19N. The number of hydrogen-bond acceptors (Lipinski definition) is 1. The van der Waals surface area contributed by atoms with E-state index in [-0.39, 0.29) is 0 Å². The third-order valence-corrected chi connectivity index (χ3v) is 2.29. The van der Waals surface area contributed by atoms with E-state index >= 15 is 0 Å². The molecule has 1 N–H and O–H groups in total. The molecule has 0 aromatic carbocycles. The van der Waals surface area contributed by atoms with Crippen molar-refractivity contribution in [1.29, 1.82) is 0 Å². The van der Waals surface area contributed by atoms with Gasteiger partial charge in [0.1, 0.15) is 0 Å². The number of nitrogens with one attached hydrogen (secondary N) is 1. The molecule has 1 aliphatic rings. The Morgan fingerprint density at radius 1 is 1.45 bits per heavy atom. The summed E-state index contributed by atoms with van der Waals surface area (Å²) in [6.45, 7) is 9.02. The van der Waals surface area contributed by atoms with Gasteiger partial charge in [0.2, 0.25) is 0 Å². The van der Waals surface area contributed by atoms with Crippen LogP contribution in [0.2, 0.25) is 0 Å². The summed E-state index contributed by atoms with van der Waals surface area (Å²) in [5, 5.41) is 3.49. The molecule has 1 heterocycles. The van der Waals surface area contributed by atoms with Crippen molar-refractivity contribution in [3.63, 3.8) is 0 Å². The first-order chi connectivity index (χ1) is 5.09. The van der Waals surface area contributed by atoms with Crippen LogP contribution in [-0.4, -0.2) is 12.1 Å². The molecule has 11 heavy (non-hydrogen) atoms. The van der Waals surface area contributed by atoms with E-state index in [2.05, 4.69) is 39.1 Å². The fraction of sp³-hybridized carbons (Fsp3) is 0.800. The van der Waals surface area contributed by atoms with Crippen LogP contribution in [0.4, 0.5) is 0 Å². The van der Waals surface area contributed by atoms with Crippen molar-refractivity contribution in [2.24, 2.45) is 5.92 Å². The lowest BCUT2D eigenvalue weighted by atomic mass is 9.91. The molecule has 1 aliphatic heterocycles. The molecule has 0 aromatic rings. The van der Waals surface area contributed by atoms with Crippen LogP contribution in [0.5, 0.6) is 0 Å². The molecule has 0 aromatic heterocycles. The highest BCUT2D eigenvalue weighted by Crippen LogP contribution is 2.20. The second-order valence-corrected chi connectivity index (χ2v) is 3.96. The summed E-state index contributed by atoms with van der Waals surface area (Å²) < 4.78 is 0. The van der Waals surface area contributed by atoms with Gasteiger partial charge in [-0.05, 0) is 26.2 Å². The number of hydrogen-bond donors (Lipinski definition) is 1. The highest BCUT2D eigenvalue weighted by molar-refractivity contribution is 5.13. The van der Waals surface area contributed by atoms with E-state index in [1.165, 1.54) is 6.42 Å². The van der Waals surface area contributed by atoms with E-state index in [0.717, 1.165) is 5.92 Å². The van der Waals surface area contributed by atoms with Crippen molar-refractivity contribution in [3.8, 4) is 0 Å². The third kappa shape index (κ3) is 2.33. The van der Waals surface area contributed by atoms with Gasteiger partial charge < -0.3 is 5.32 Å². The lowest BCUT2D eigenvalue weighted by Crippen LogP contribution is -2.37. The van der Waals surface area contributed by atoms with Crippen LogP contribution in [0.25, 0.3) is 0 Å². The van der Waals surface area contributed by atoms with Crippen LogP contribution in [0.15, 0.2) is 11.6 Å². The van der Waals surface area contributed by atoms with E-state index in [9.17, 15) is 0 Å².